The van der Waals surface area contributed by atoms with Gasteiger partial charge in [-0.1, -0.05) is 6.07 Å². The molecule has 5 nitrogen and oxygen atoms in total. The van der Waals surface area contributed by atoms with Crippen molar-refractivity contribution in [1.82, 2.24) is 19.9 Å². The Balaban J connectivity index is 1.20. The number of aryl methyl sites for hydroxylation is 2. The summed E-state index contributed by atoms with van der Waals surface area (Å²) < 4.78 is 19.8. The maximum Gasteiger partial charge on any atom is 0.138 e. The fourth-order valence-electron chi connectivity index (χ4n) is 4.21. The van der Waals surface area contributed by atoms with E-state index in [2.05, 4.69) is 25.9 Å². The first kappa shape index (κ1) is 19.7. The van der Waals surface area contributed by atoms with Crippen molar-refractivity contribution in [1.29, 1.82) is 0 Å². The van der Waals surface area contributed by atoms with Crippen molar-refractivity contribution in [2.24, 2.45) is 0 Å². The molecule has 1 N–H and O–H groups in total. The maximum atomic E-state index is 13.8. The molecule has 0 spiro atoms. The number of halogens is 1. The number of benzene rings is 2. The Morgan fingerprint density at radius 3 is 2.87 bits per heavy atom. The van der Waals surface area contributed by atoms with Crippen LogP contribution in [0.3, 0.4) is 0 Å². The molecule has 1 aliphatic heterocycles. The van der Waals surface area contributed by atoms with Gasteiger partial charge in [0.1, 0.15) is 17.4 Å². The lowest BCUT2D eigenvalue weighted by Crippen LogP contribution is -2.19. The van der Waals surface area contributed by atoms with Crippen molar-refractivity contribution in [3.8, 4) is 17.1 Å². The smallest absolute Gasteiger partial charge is 0.138 e. The van der Waals surface area contributed by atoms with Crippen molar-refractivity contribution in [2.45, 2.75) is 33.4 Å². The molecule has 0 atom stereocenters. The molecular weight excluding hydrogens is 391 g/mol. The third kappa shape index (κ3) is 3.91. The van der Waals surface area contributed by atoms with Crippen LogP contribution < -0.4 is 4.74 Å². The number of rotatable bonds is 6. The van der Waals surface area contributed by atoms with Crippen LogP contribution in [0.2, 0.25) is 0 Å². The zero-order valence-electron chi connectivity index (χ0n) is 17.8. The van der Waals surface area contributed by atoms with E-state index in [-0.39, 0.29) is 5.82 Å². The molecule has 5 rings (SSSR count). The lowest BCUT2D eigenvalue weighted by molar-refractivity contribution is 0.237. The summed E-state index contributed by atoms with van der Waals surface area (Å²) in [6.07, 6.45) is 2.82. The second-order valence-corrected chi connectivity index (χ2v) is 8.15. The lowest BCUT2D eigenvalue weighted by Gasteiger charge is -2.15. The fraction of sp³-hybridized carbons (Fsp3) is 0.280. The second kappa shape index (κ2) is 8.12. The molecule has 3 heterocycles. The minimum Gasteiger partial charge on any atom is -0.494 e. The number of nitrogens with one attached hydrogen (secondary N) is 1. The molecule has 0 saturated heterocycles. The Morgan fingerprint density at radius 1 is 1.13 bits per heavy atom. The summed E-state index contributed by atoms with van der Waals surface area (Å²) in [4.78, 5) is 14.8. The van der Waals surface area contributed by atoms with Crippen LogP contribution in [0.4, 0.5) is 4.39 Å². The number of aromatic nitrogens is 3. The minimum absolute atomic E-state index is 0.236. The number of imidazole rings is 1. The molecule has 1 aliphatic rings. The van der Waals surface area contributed by atoms with Crippen LogP contribution in [-0.4, -0.2) is 33.0 Å². The van der Waals surface area contributed by atoms with E-state index < -0.39 is 0 Å². The normalized spacial score (nSPS) is 13.6. The minimum atomic E-state index is -0.236. The quantitative estimate of drug-likeness (QED) is 0.441. The molecule has 0 radical (unpaired) electrons. The zero-order valence-corrected chi connectivity index (χ0v) is 17.8. The Labute approximate surface area is 180 Å². The molecular formula is C25H25FN4O. The van der Waals surface area contributed by atoms with Crippen LogP contribution in [0.25, 0.3) is 22.4 Å². The first-order valence-electron chi connectivity index (χ1n) is 10.6. The number of aromatic amines is 1. The molecule has 0 bridgehead atoms. The molecule has 0 amide bonds. The summed E-state index contributed by atoms with van der Waals surface area (Å²) in [7, 11) is 0. The van der Waals surface area contributed by atoms with E-state index in [0.717, 1.165) is 54.3 Å². The zero-order chi connectivity index (χ0) is 21.4. The summed E-state index contributed by atoms with van der Waals surface area (Å²) in [5.41, 5.74) is 6.66. The monoisotopic (exact) mass is 416 g/mol. The number of pyridine rings is 1. The molecule has 2 aromatic heterocycles. The van der Waals surface area contributed by atoms with Crippen LogP contribution in [0.5, 0.6) is 5.75 Å². The van der Waals surface area contributed by atoms with Gasteiger partial charge in [0, 0.05) is 37.0 Å². The van der Waals surface area contributed by atoms with Crippen molar-refractivity contribution < 1.29 is 9.13 Å². The predicted octanol–water partition coefficient (Wildman–Crippen LogP) is 5.17. The van der Waals surface area contributed by atoms with Crippen molar-refractivity contribution in [3.63, 3.8) is 0 Å². The van der Waals surface area contributed by atoms with E-state index in [9.17, 15) is 4.39 Å². The highest BCUT2D eigenvalue weighted by Gasteiger charge is 2.18. The van der Waals surface area contributed by atoms with Crippen LogP contribution >= 0.6 is 0 Å². The van der Waals surface area contributed by atoms with Crippen molar-refractivity contribution in [3.05, 3.63) is 76.9 Å². The number of hydrogen-bond acceptors (Lipinski definition) is 4. The van der Waals surface area contributed by atoms with Gasteiger partial charge in [-0.3, -0.25) is 9.88 Å². The Kier molecular flexibility index (Phi) is 5.16. The third-order valence-electron chi connectivity index (χ3n) is 5.93. The largest absolute Gasteiger partial charge is 0.494 e. The fourth-order valence-corrected chi connectivity index (χ4v) is 4.21. The number of nitrogens with zero attached hydrogens (tertiary/aromatic N) is 3. The van der Waals surface area contributed by atoms with Gasteiger partial charge in [-0.25, -0.2) is 9.37 Å². The number of hydrogen-bond donors (Lipinski definition) is 1. The first-order valence-corrected chi connectivity index (χ1v) is 10.6. The SMILES string of the molecule is Cc1cc(OCCCN2Cc3cccnc3C2)ccc1-c1nc2c(C)c(F)ccc2[nH]1. The van der Waals surface area contributed by atoms with Gasteiger partial charge in [-0.15, -0.1) is 0 Å². The van der Waals surface area contributed by atoms with E-state index in [0.29, 0.717) is 17.7 Å². The summed E-state index contributed by atoms with van der Waals surface area (Å²) in [6, 6.07) is 13.4. The van der Waals surface area contributed by atoms with Gasteiger partial charge in [-0.2, -0.15) is 0 Å². The molecule has 0 aliphatic carbocycles. The van der Waals surface area contributed by atoms with Gasteiger partial charge >= 0.3 is 0 Å². The van der Waals surface area contributed by atoms with Crippen molar-refractivity contribution >= 4 is 11.0 Å². The van der Waals surface area contributed by atoms with Gasteiger partial charge in [-0.05, 0) is 67.8 Å². The summed E-state index contributed by atoms with van der Waals surface area (Å²) >= 11 is 0. The molecule has 4 aromatic rings. The summed E-state index contributed by atoms with van der Waals surface area (Å²) in [5, 5.41) is 0. The maximum absolute atomic E-state index is 13.8. The Bertz CT molecular complexity index is 1220. The average Bonchev–Trinajstić information content (AvgIpc) is 3.38. The molecule has 0 saturated carbocycles. The number of H-pyrrole nitrogens is 1. The van der Waals surface area contributed by atoms with Crippen LogP contribution in [0.15, 0.2) is 48.7 Å². The number of fused-ring (bicyclic) bond motifs is 2. The molecule has 0 fully saturated rings. The third-order valence-corrected chi connectivity index (χ3v) is 5.93. The van der Waals surface area contributed by atoms with E-state index in [1.54, 1.807) is 13.0 Å². The average molecular weight is 417 g/mol. The topological polar surface area (TPSA) is 54.0 Å². The van der Waals surface area contributed by atoms with E-state index in [1.807, 2.05) is 37.4 Å². The molecule has 31 heavy (non-hydrogen) atoms. The van der Waals surface area contributed by atoms with Crippen molar-refractivity contribution in [2.75, 3.05) is 13.2 Å². The van der Waals surface area contributed by atoms with Crippen LogP contribution in [0, 0.1) is 19.7 Å². The second-order valence-electron chi connectivity index (χ2n) is 8.15. The van der Waals surface area contributed by atoms with E-state index in [1.165, 1.54) is 17.3 Å². The summed E-state index contributed by atoms with van der Waals surface area (Å²) in [6.45, 7) is 7.34. The van der Waals surface area contributed by atoms with E-state index in [4.69, 9.17) is 4.74 Å². The lowest BCUT2D eigenvalue weighted by atomic mass is 10.1. The molecule has 0 unspecified atom stereocenters. The highest BCUT2D eigenvalue weighted by Crippen LogP contribution is 2.28. The standard InChI is InChI=1S/C25H25FN4O/c1-16-13-19(31-12-4-11-30-14-18-5-3-10-27-23(18)15-30)6-7-20(16)25-28-22-9-8-21(26)17(2)24(22)29-25/h3,5-10,13H,4,11-12,14-15H2,1-2H3,(H,28,29). The number of ether oxygens (including phenoxy) is 1. The van der Waals surface area contributed by atoms with Gasteiger partial charge in [0.15, 0.2) is 0 Å². The molecule has 2 aromatic carbocycles. The first-order chi connectivity index (χ1) is 15.1. The highest BCUT2D eigenvalue weighted by atomic mass is 19.1. The van der Waals surface area contributed by atoms with Gasteiger partial charge in [0.2, 0.25) is 0 Å². The highest BCUT2D eigenvalue weighted by molar-refractivity contribution is 5.83. The predicted molar refractivity (Wildman–Crippen MR) is 119 cm³/mol. The van der Waals surface area contributed by atoms with Gasteiger partial charge in [0.05, 0.1) is 23.3 Å². The van der Waals surface area contributed by atoms with Crippen LogP contribution in [-0.2, 0) is 13.1 Å². The molecule has 6 heteroatoms. The molecule has 158 valence electrons. The summed E-state index contributed by atoms with van der Waals surface area (Å²) in [5.74, 6) is 1.36. The Hall–Kier alpha value is -3.25. The van der Waals surface area contributed by atoms with E-state index >= 15 is 0 Å². The van der Waals surface area contributed by atoms with Gasteiger partial charge in [0.25, 0.3) is 0 Å². The van der Waals surface area contributed by atoms with Gasteiger partial charge < -0.3 is 9.72 Å². The van der Waals surface area contributed by atoms with Crippen LogP contribution in [0.1, 0.15) is 28.8 Å². The Morgan fingerprint density at radius 2 is 2.03 bits per heavy atom.